The predicted octanol–water partition coefficient (Wildman–Crippen LogP) is 3.68. The van der Waals surface area contributed by atoms with Crippen molar-refractivity contribution in [3.63, 3.8) is 0 Å². The number of carbonyl (C=O) groups is 1. The monoisotopic (exact) mass is 448 g/mol. The lowest BCUT2D eigenvalue weighted by atomic mass is 9.97. The van der Waals surface area contributed by atoms with Crippen molar-refractivity contribution >= 4 is 5.91 Å². The predicted molar refractivity (Wildman–Crippen MR) is 110 cm³/mol. The number of nitrogens with zero attached hydrogens (tertiary/aromatic N) is 3. The summed E-state index contributed by atoms with van der Waals surface area (Å²) in [7, 11) is 1.31. The van der Waals surface area contributed by atoms with Gasteiger partial charge in [0.2, 0.25) is 17.4 Å². The molecule has 32 heavy (non-hydrogen) atoms. The van der Waals surface area contributed by atoms with E-state index in [0.29, 0.717) is 17.2 Å². The van der Waals surface area contributed by atoms with Gasteiger partial charge in [0.05, 0.1) is 6.42 Å². The quantitative estimate of drug-likeness (QED) is 0.576. The number of carbonyl (C=O) groups excluding carboxylic acids is 1. The summed E-state index contributed by atoms with van der Waals surface area (Å²) in [5.74, 6) is -0.632. The van der Waals surface area contributed by atoms with Gasteiger partial charge in [-0.2, -0.15) is 13.2 Å². The van der Waals surface area contributed by atoms with Crippen molar-refractivity contribution in [2.75, 3.05) is 0 Å². The van der Waals surface area contributed by atoms with E-state index in [1.807, 2.05) is 32.0 Å². The molecule has 7 nitrogen and oxygen atoms in total. The molecule has 1 unspecified atom stereocenters. The Labute approximate surface area is 182 Å². The van der Waals surface area contributed by atoms with E-state index in [0.717, 1.165) is 21.9 Å². The van der Waals surface area contributed by atoms with Gasteiger partial charge in [0.15, 0.2) is 5.82 Å². The number of pyridine rings is 1. The smallest absolute Gasteiger partial charge is 0.425 e. The Balaban J connectivity index is 1.63. The molecule has 0 bridgehead atoms. The van der Waals surface area contributed by atoms with Crippen molar-refractivity contribution < 1.29 is 27.8 Å². The van der Waals surface area contributed by atoms with Gasteiger partial charge in [0.25, 0.3) is 0 Å². The number of halogens is 3. The molecule has 3 rings (SSSR count). The van der Waals surface area contributed by atoms with E-state index in [1.165, 1.54) is 19.4 Å². The highest BCUT2D eigenvalue weighted by Gasteiger charge is 2.58. The van der Waals surface area contributed by atoms with E-state index in [-0.39, 0.29) is 6.54 Å². The van der Waals surface area contributed by atoms with Gasteiger partial charge < -0.3 is 19.7 Å². The van der Waals surface area contributed by atoms with Gasteiger partial charge in [0, 0.05) is 38.2 Å². The number of benzene rings is 1. The normalized spacial score (nSPS) is 13.5. The van der Waals surface area contributed by atoms with Crippen LogP contribution in [0.5, 0.6) is 11.6 Å². The van der Waals surface area contributed by atoms with Gasteiger partial charge in [-0.05, 0) is 36.6 Å². The number of ether oxygens (including phenoxy) is 1. The first-order valence-corrected chi connectivity index (χ1v) is 9.73. The van der Waals surface area contributed by atoms with E-state index in [9.17, 15) is 23.1 Å². The molecule has 0 aliphatic rings. The highest BCUT2D eigenvalue weighted by Crippen LogP contribution is 2.40. The van der Waals surface area contributed by atoms with E-state index >= 15 is 0 Å². The number of aromatic nitrogens is 3. The molecule has 1 aromatic carbocycles. The fraction of sp³-hybridized carbons (Fsp3) is 0.318. The number of hydrogen-bond acceptors (Lipinski definition) is 5. The Morgan fingerprint density at radius 3 is 2.53 bits per heavy atom. The number of imidazole rings is 1. The third-order valence-corrected chi connectivity index (χ3v) is 4.92. The van der Waals surface area contributed by atoms with Gasteiger partial charge in [0.1, 0.15) is 5.75 Å². The molecule has 0 spiro atoms. The van der Waals surface area contributed by atoms with Crippen LogP contribution in [0, 0.1) is 13.8 Å². The van der Waals surface area contributed by atoms with Crippen molar-refractivity contribution in [2.45, 2.75) is 38.6 Å². The maximum Gasteiger partial charge on any atom is 0.425 e. The molecule has 1 atom stereocenters. The zero-order chi connectivity index (χ0) is 23.5. The second-order valence-electron chi connectivity index (χ2n) is 7.55. The summed E-state index contributed by atoms with van der Waals surface area (Å²) in [5.41, 5.74) is -0.871. The number of nitrogens with one attached hydrogen (secondary N) is 1. The number of hydrogen-bond donors (Lipinski definition) is 2. The second-order valence-corrected chi connectivity index (χ2v) is 7.55. The van der Waals surface area contributed by atoms with Crippen molar-refractivity contribution in [3.8, 4) is 11.6 Å². The lowest BCUT2D eigenvalue weighted by Gasteiger charge is -2.29. The molecule has 3 aromatic rings. The number of rotatable bonds is 7. The van der Waals surface area contributed by atoms with Crippen LogP contribution in [0.15, 0.2) is 48.9 Å². The standard InChI is InChI=1S/C22H23F3N4O3/c1-14-4-5-15(2)17(10-14)32-19-7-6-16(13-28-19)12-27-18(30)11-21(31,22(23,24)25)20-26-8-9-29(20)3/h4-10,13,31H,11-12H2,1-3H3,(H,27,30). The van der Waals surface area contributed by atoms with Crippen molar-refractivity contribution in [1.29, 1.82) is 0 Å². The van der Waals surface area contributed by atoms with Crippen molar-refractivity contribution in [3.05, 3.63) is 71.4 Å². The third-order valence-electron chi connectivity index (χ3n) is 4.92. The number of alkyl halides is 3. The van der Waals surface area contributed by atoms with E-state index < -0.39 is 29.9 Å². The number of amides is 1. The molecule has 0 fully saturated rings. The highest BCUT2D eigenvalue weighted by molar-refractivity contribution is 5.77. The van der Waals surface area contributed by atoms with Crippen LogP contribution in [0.25, 0.3) is 0 Å². The van der Waals surface area contributed by atoms with Crippen LogP contribution in [0.1, 0.15) is 28.9 Å². The van der Waals surface area contributed by atoms with Crippen LogP contribution in [-0.2, 0) is 24.0 Å². The number of aliphatic hydroxyl groups is 1. The van der Waals surface area contributed by atoms with Crippen LogP contribution in [0.4, 0.5) is 13.2 Å². The minimum atomic E-state index is -5.09. The molecule has 2 heterocycles. The van der Waals surface area contributed by atoms with Gasteiger partial charge in [-0.25, -0.2) is 9.97 Å². The SMILES string of the molecule is Cc1ccc(C)c(Oc2ccc(CNC(=O)CC(O)(c3nccn3C)C(F)(F)F)cn2)c1. The fourth-order valence-electron chi connectivity index (χ4n) is 3.07. The molecule has 0 saturated carbocycles. The van der Waals surface area contributed by atoms with E-state index in [1.54, 1.807) is 12.1 Å². The third kappa shape index (κ3) is 5.08. The maximum absolute atomic E-state index is 13.5. The zero-order valence-corrected chi connectivity index (χ0v) is 17.8. The van der Waals surface area contributed by atoms with Gasteiger partial charge in [-0.15, -0.1) is 0 Å². The molecule has 0 aliphatic carbocycles. The summed E-state index contributed by atoms with van der Waals surface area (Å²) in [4.78, 5) is 20.0. The zero-order valence-electron chi connectivity index (χ0n) is 17.8. The number of aryl methyl sites for hydroxylation is 3. The minimum Gasteiger partial charge on any atom is -0.439 e. The molecular weight excluding hydrogens is 425 g/mol. The Morgan fingerprint density at radius 1 is 1.19 bits per heavy atom. The van der Waals surface area contributed by atoms with E-state index in [2.05, 4.69) is 15.3 Å². The minimum absolute atomic E-state index is 0.0654. The molecule has 0 radical (unpaired) electrons. The molecule has 1 amide bonds. The Bertz CT molecular complexity index is 1100. The van der Waals surface area contributed by atoms with Crippen LogP contribution in [-0.4, -0.2) is 31.7 Å². The fourth-order valence-corrected chi connectivity index (χ4v) is 3.07. The molecule has 2 N–H and O–H groups in total. The summed E-state index contributed by atoms with van der Waals surface area (Å²) in [6.07, 6.45) is -2.47. The Kier molecular flexibility index (Phi) is 6.54. The second kappa shape index (κ2) is 8.99. The summed E-state index contributed by atoms with van der Waals surface area (Å²) in [6.45, 7) is 3.79. The first-order chi connectivity index (χ1) is 15.0. The molecule has 170 valence electrons. The van der Waals surface area contributed by atoms with Crippen molar-refractivity contribution in [2.24, 2.45) is 7.05 Å². The molecule has 0 aliphatic heterocycles. The molecule has 10 heteroatoms. The van der Waals surface area contributed by atoms with Crippen LogP contribution >= 0.6 is 0 Å². The topological polar surface area (TPSA) is 89.3 Å². The molecular formula is C22H23F3N4O3. The molecule has 2 aromatic heterocycles. The Hall–Kier alpha value is -3.40. The first-order valence-electron chi connectivity index (χ1n) is 9.73. The Morgan fingerprint density at radius 2 is 1.94 bits per heavy atom. The van der Waals surface area contributed by atoms with Crippen molar-refractivity contribution in [1.82, 2.24) is 19.9 Å². The van der Waals surface area contributed by atoms with Crippen LogP contribution in [0.3, 0.4) is 0 Å². The average molecular weight is 448 g/mol. The summed E-state index contributed by atoms with van der Waals surface area (Å²) >= 11 is 0. The summed E-state index contributed by atoms with van der Waals surface area (Å²) in [6, 6.07) is 9.02. The highest BCUT2D eigenvalue weighted by atomic mass is 19.4. The molecule has 0 saturated heterocycles. The maximum atomic E-state index is 13.5. The summed E-state index contributed by atoms with van der Waals surface area (Å²) in [5, 5.41) is 12.7. The first kappa shape index (κ1) is 23.3. The van der Waals surface area contributed by atoms with E-state index in [4.69, 9.17) is 4.74 Å². The van der Waals surface area contributed by atoms with Gasteiger partial charge >= 0.3 is 6.18 Å². The van der Waals surface area contributed by atoms with Gasteiger partial charge in [-0.1, -0.05) is 18.2 Å². The largest absolute Gasteiger partial charge is 0.439 e. The lowest BCUT2D eigenvalue weighted by molar-refractivity contribution is -0.271. The van der Waals surface area contributed by atoms with Gasteiger partial charge in [-0.3, -0.25) is 4.79 Å². The van der Waals surface area contributed by atoms with Crippen LogP contribution < -0.4 is 10.1 Å². The summed E-state index contributed by atoms with van der Waals surface area (Å²) < 4.78 is 47.4. The van der Waals surface area contributed by atoms with Crippen LogP contribution in [0.2, 0.25) is 0 Å². The average Bonchev–Trinajstić information content (AvgIpc) is 3.16. The lowest BCUT2D eigenvalue weighted by Crippen LogP contribution is -2.47.